The van der Waals surface area contributed by atoms with Gasteiger partial charge in [0.2, 0.25) is 0 Å². The third kappa shape index (κ3) is 1.98. The molecule has 0 aliphatic carbocycles. The number of nitrogens with zero attached hydrogens (tertiary/aromatic N) is 1. The Hall–Kier alpha value is -1.61. The average molecular weight is 250 g/mol. The SMILES string of the molecule is CC(C)=CCN1C(=O)C(=O)c2c(Cl)cccc21. The van der Waals surface area contributed by atoms with Gasteiger partial charge in [0.05, 0.1) is 16.3 Å². The molecule has 1 aromatic carbocycles. The number of benzene rings is 1. The molecule has 0 aromatic heterocycles. The monoisotopic (exact) mass is 249 g/mol. The first-order valence-corrected chi connectivity index (χ1v) is 5.68. The largest absolute Gasteiger partial charge is 0.301 e. The van der Waals surface area contributed by atoms with Gasteiger partial charge in [-0.05, 0) is 26.0 Å². The van der Waals surface area contributed by atoms with E-state index in [1.807, 2.05) is 19.9 Å². The first-order chi connectivity index (χ1) is 8.02. The Labute approximate surface area is 105 Å². The van der Waals surface area contributed by atoms with Crippen LogP contribution in [-0.4, -0.2) is 18.2 Å². The van der Waals surface area contributed by atoms with Crippen molar-refractivity contribution in [3.63, 3.8) is 0 Å². The smallest absolute Gasteiger partial charge is 0.299 e. The van der Waals surface area contributed by atoms with Crippen LogP contribution in [0.1, 0.15) is 24.2 Å². The number of Topliss-reactive ketones (excluding diaryl/α,β-unsaturated/α-hetero) is 1. The second-order valence-corrected chi connectivity index (χ2v) is 4.57. The van der Waals surface area contributed by atoms with Crippen LogP contribution in [0.5, 0.6) is 0 Å². The van der Waals surface area contributed by atoms with E-state index < -0.39 is 11.7 Å². The van der Waals surface area contributed by atoms with Gasteiger partial charge in [-0.1, -0.05) is 29.3 Å². The van der Waals surface area contributed by atoms with Crippen LogP contribution in [0.25, 0.3) is 0 Å². The molecule has 88 valence electrons. The van der Waals surface area contributed by atoms with E-state index in [1.165, 1.54) is 4.90 Å². The van der Waals surface area contributed by atoms with Gasteiger partial charge < -0.3 is 4.90 Å². The zero-order chi connectivity index (χ0) is 12.6. The Morgan fingerprint density at radius 1 is 1.35 bits per heavy atom. The van der Waals surface area contributed by atoms with Gasteiger partial charge in [0, 0.05) is 6.54 Å². The zero-order valence-electron chi connectivity index (χ0n) is 9.66. The summed E-state index contributed by atoms with van der Waals surface area (Å²) in [4.78, 5) is 25.0. The second-order valence-electron chi connectivity index (χ2n) is 4.16. The zero-order valence-corrected chi connectivity index (χ0v) is 10.4. The van der Waals surface area contributed by atoms with Crippen molar-refractivity contribution in [1.82, 2.24) is 0 Å². The molecule has 4 heteroatoms. The molecule has 0 unspecified atom stereocenters. The summed E-state index contributed by atoms with van der Waals surface area (Å²) >= 11 is 5.94. The van der Waals surface area contributed by atoms with Crippen LogP contribution >= 0.6 is 11.6 Å². The number of rotatable bonds is 2. The average Bonchev–Trinajstić information content (AvgIpc) is 2.51. The van der Waals surface area contributed by atoms with Crippen molar-refractivity contribution < 1.29 is 9.59 Å². The number of ketones is 1. The first-order valence-electron chi connectivity index (χ1n) is 5.30. The lowest BCUT2D eigenvalue weighted by Crippen LogP contribution is -2.29. The Morgan fingerprint density at radius 3 is 2.71 bits per heavy atom. The predicted octanol–water partition coefficient (Wildman–Crippen LogP) is 2.84. The van der Waals surface area contributed by atoms with Crippen molar-refractivity contribution in [2.24, 2.45) is 0 Å². The topological polar surface area (TPSA) is 37.4 Å². The highest BCUT2D eigenvalue weighted by atomic mass is 35.5. The van der Waals surface area contributed by atoms with Crippen LogP contribution in [0.3, 0.4) is 0 Å². The van der Waals surface area contributed by atoms with Crippen molar-refractivity contribution in [1.29, 1.82) is 0 Å². The van der Waals surface area contributed by atoms with Crippen LogP contribution in [0.15, 0.2) is 29.8 Å². The van der Waals surface area contributed by atoms with Gasteiger partial charge in [-0.2, -0.15) is 0 Å². The maximum absolute atomic E-state index is 11.8. The summed E-state index contributed by atoms with van der Waals surface area (Å²) in [5, 5.41) is 0.334. The quantitative estimate of drug-likeness (QED) is 0.597. The lowest BCUT2D eigenvalue weighted by molar-refractivity contribution is -0.114. The molecule has 0 spiro atoms. The molecule has 1 aromatic rings. The van der Waals surface area contributed by atoms with Gasteiger partial charge in [0.15, 0.2) is 0 Å². The number of anilines is 1. The Bertz CT molecular complexity index is 530. The molecule has 1 heterocycles. The summed E-state index contributed by atoms with van der Waals surface area (Å²) < 4.78 is 0. The second kappa shape index (κ2) is 4.34. The number of carbonyl (C=O) groups is 2. The van der Waals surface area contributed by atoms with Crippen LogP contribution in [0.4, 0.5) is 5.69 Å². The molecule has 3 nitrogen and oxygen atoms in total. The summed E-state index contributed by atoms with van der Waals surface area (Å²) in [6.45, 7) is 4.29. The number of allylic oxidation sites excluding steroid dienone is 1. The Morgan fingerprint density at radius 2 is 2.06 bits per heavy atom. The number of amides is 1. The van der Waals surface area contributed by atoms with Gasteiger partial charge in [0.25, 0.3) is 11.7 Å². The van der Waals surface area contributed by atoms with E-state index in [9.17, 15) is 9.59 Å². The van der Waals surface area contributed by atoms with Crippen LogP contribution in [-0.2, 0) is 4.79 Å². The lowest BCUT2D eigenvalue weighted by atomic mass is 10.1. The molecule has 1 amide bonds. The summed E-state index contributed by atoms with van der Waals surface area (Å²) in [5.74, 6) is -1.03. The van der Waals surface area contributed by atoms with Crippen LogP contribution in [0.2, 0.25) is 5.02 Å². The molecule has 1 aliphatic rings. The van der Waals surface area contributed by atoms with E-state index >= 15 is 0 Å². The molecule has 2 rings (SSSR count). The van der Waals surface area contributed by atoms with Gasteiger partial charge in [-0.15, -0.1) is 0 Å². The molecular formula is C13H12ClNO2. The van der Waals surface area contributed by atoms with Crippen molar-refractivity contribution in [2.45, 2.75) is 13.8 Å². The Kier molecular flexibility index (Phi) is 3.03. The number of halogens is 1. The highest BCUT2D eigenvalue weighted by Crippen LogP contribution is 2.33. The van der Waals surface area contributed by atoms with E-state index in [1.54, 1.807) is 18.2 Å². The normalized spacial score (nSPS) is 13.9. The third-order valence-electron chi connectivity index (χ3n) is 2.63. The van der Waals surface area contributed by atoms with Crippen molar-refractivity contribution in [2.75, 3.05) is 11.4 Å². The van der Waals surface area contributed by atoms with Gasteiger partial charge in [-0.3, -0.25) is 9.59 Å². The molecular weight excluding hydrogens is 238 g/mol. The minimum Gasteiger partial charge on any atom is -0.301 e. The molecule has 0 fully saturated rings. The van der Waals surface area contributed by atoms with E-state index in [2.05, 4.69) is 0 Å². The Balaban J connectivity index is 2.45. The number of hydrogen-bond acceptors (Lipinski definition) is 2. The van der Waals surface area contributed by atoms with E-state index in [0.717, 1.165) is 5.57 Å². The van der Waals surface area contributed by atoms with E-state index in [4.69, 9.17) is 11.6 Å². The van der Waals surface area contributed by atoms with Gasteiger partial charge in [0.1, 0.15) is 0 Å². The minimum atomic E-state index is -0.521. The van der Waals surface area contributed by atoms with E-state index in [-0.39, 0.29) is 0 Å². The van der Waals surface area contributed by atoms with Crippen molar-refractivity contribution in [3.8, 4) is 0 Å². The maximum atomic E-state index is 11.8. The first kappa shape index (κ1) is 11.9. The molecule has 0 atom stereocenters. The third-order valence-corrected chi connectivity index (χ3v) is 2.95. The summed E-state index contributed by atoms with van der Waals surface area (Å²) in [6.07, 6.45) is 1.90. The summed E-state index contributed by atoms with van der Waals surface area (Å²) in [6, 6.07) is 5.10. The molecule has 0 bridgehead atoms. The van der Waals surface area contributed by atoms with Crippen molar-refractivity contribution in [3.05, 3.63) is 40.4 Å². The van der Waals surface area contributed by atoms with Crippen LogP contribution in [0, 0.1) is 0 Å². The number of carbonyl (C=O) groups excluding carboxylic acids is 2. The number of hydrogen-bond donors (Lipinski definition) is 0. The molecule has 0 saturated heterocycles. The van der Waals surface area contributed by atoms with Crippen LogP contribution < -0.4 is 4.90 Å². The highest BCUT2D eigenvalue weighted by Gasteiger charge is 2.36. The molecule has 1 aliphatic heterocycles. The fourth-order valence-electron chi connectivity index (χ4n) is 1.76. The molecule has 17 heavy (non-hydrogen) atoms. The predicted molar refractivity (Wildman–Crippen MR) is 67.6 cm³/mol. The van der Waals surface area contributed by atoms with E-state index in [0.29, 0.717) is 22.8 Å². The fraction of sp³-hybridized carbons (Fsp3) is 0.231. The lowest BCUT2D eigenvalue weighted by Gasteiger charge is -2.14. The summed E-state index contributed by atoms with van der Waals surface area (Å²) in [5.41, 5.74) is 2.02. The minimum absolute atomic E-state index is 0.321. The molecule has 0 N–H and O–H groups in total. The fourth-order valence-corrected chi connectivity index (χ4v) is 2.01. The molecule has 0 radical (unpaired) electrons. The van der Waals surface area contributed by atoms with Crippen molar-refractivity contribution >= 4 is 29.0 Å². The van der Waals surface area contributed by atoms with Gasteiger partial charge >= 0.3 is 0 Å². The standard InChI is InChI=1S/C13H12ClNO2/c1-8(2)6-7-15-10-5-3-4-9(14)11(10)12(16)13(15)17/h3-6H,7H2,1-2H3. The highest BCUT2D eigenvalue weighted by molar-refractivity contribution is 6.55. The molecule has 0 saturated carbocycles. The summed E-state index contributed by atoms with van der Waals surface area (Å²) in [7, 11) is 0. The number of fused-ring (bicyclic) bond motifs is 1. The van der Waals surface area contributed by atoms with Gasteiger partial charge in [-0.25, -0.2) is 0 Å². The maximum Gasteiger partial charge on any atom is 0.299 e.